The van der Waals surface area contributed by atoms with Crippen LogP contribution in [0.5, 0.6) is 0 Å². The van der Waals surface area contributed by atoms with E-state index in [0.717, 1.165) is 0 Å². The van der Waals surface area contributed by atoms with Crippen molar-refractivity contribution in [2.24, 2.45) is 0 Å². The summed E-state index contributed by atoms with van der Waals surface area (Å²) in [5.74, 6) is 0. The van der Waals surface area contributed by atoms with E-state index in [4.69, 9.17) is 13.3 Å². The molecule has 0 aliphatic heterocycles. The van der Waals surface area contributed by atoms with Crippen LogP contribution < -0.4 is 0 Å². The summed E-state index contributed by atoms with van der Waals surface area (Å²) in [6.45, 7) is 9.40. The Bertz CT molecular complexity index is 288. The maximum atomic E-state index is 11.3. The van der Waals surface area contributed by atoms with Crippen molar-refractivity contribution in [1.82, 2.24) is 0 Å². The zero-order chi connectivity index (χ0) is 13.5. The maximum Gasteiger partial charge on any atom is 0.522 e. The van der Waals surface area contributed by atoms with Gasteiger partial charge in [0.2, 0.25) is 0 Å². The molecule has 1 atom stereocenters. The standard InChI is InChI=1S/C9H21O6SSi/c1-5-9(16(10,11)12)17(13-6-2,14-7-3)15-8-4/h9H,1,5-8H2,2-4H3,(H,10,11,12). The topological polar surface area (TPSA) is 82.1 Å². The molecule has 1 radical (unpaired) electrons. The molecule has 17 heavy (non-hydrogen) atoms. The molecule has 0 saturated heterocycles. The Morgan fingerprint density at radius 1 is 1.12 bits per heavy atom. The lowest BCUT2D eigenvalue weighted by molar-refractivity contribution is 0.0682. The molecule has 0 fully saturated rings. The molecule has 0 bridgehead atoms. The van der Waals surface area contributed by atoms with Crippen LogP contribution in [0.15, 0.2) is 0 Å². The van der Waals surface area contributed by atoms with Crippen molar-refractivity contribution in [2.75, 3.05) is 19.8 Å². The van der Waals surface area contributed by atoms with Gasteiger partial charge in [-0.3, -0.25) is 4.55 Å². The van der Waals surface area contributed by atoms with Crippen LogP contribution in [0.1, 0.15) is 27.2 Å². The summed E-state index contributed by atoms with van der Waals surface area (Å²) in [6, 6.07) is 0. The van der Waals surface area contributed by atoms with Crippen LogP contribution in [0.4, 0.5) is 0 Å². The normalized spacial score (nSPS) is 14.9. The van der Waals surface area contributed by atoms with Gasteiger partial charge in [-0.2, -0.15) is 8.42 Å². The predicted octanol–water partition coefficient (Wildman–Crippen LogP) is 1.05. The third-order valence-corrected chi connectivity index (χ3v) is 7.92. The Balaban J connectivity index is 5.34. The van der Waals surface area contributed by atoms with Crippen molar-refractivity contribution < 1.29 is 26.2 Å². The smallest absolute Gasteiger partial charge is 0.373 e. The van der Waals surface area contributed by atoms with Gasteiger partial charge >= 0.3 is 8.80 Å². The van der Waals surface area contributed by atoms with Crippen LogP contribution in [-0.4, -0.2) is 46.5 Å². The highest BCUT2D eigenvalue weighted by atomic mass is 32.2. The van der Waals surface area contributed by atoms with E-state index in [0.29, 0.717) is 0 Å². The summed E-state index contributed by atoms with van der Waals surface area (Å²) in [7, 11) is -7.78. The quantitative estimate of drug-likeness (QED) is 0.504. The lowest BCUT2D eigenvalue weighted by Gasteiger charge is -2.32. The Hall–Kier alpha value is 0.00688. The minimum Gasteiger partial charge on any atom is -0.373 e. The Labute approximate surface area is 104 Å². The molecule has 0 spiro atoms. The first kappa shape index (κ1) is 17.0. The molecule has 8 heteroatoms. The number of rotatable bonds is 9. The molecule has 0 amide bonds. The summed E-state index contributed by atoms with van der Waals surface area (Å²) >= 11 is 0. The number of hydrogen-bond acceptors (Lipinski definition) is 5. The lowest BCUT2D eigenvalue weighted by Crippen LogP contribution is -2.59. The molecule has 0 aromatic heterocycles. The Morgan fingerprint density at radius 3 is 1.65 bits per heavy atom. The van der Waals surface area contributed by atoms with Gasteiger partial charge in [-0.15, -0.1) is 0 Å². The van der Waals surface area contributed by atoms with Crippen molar-refractivity contribution in [2.45, 2.75) is 32.1 Å². The van der Waals surface area contributed by atoms with E-state index in [1.807, 2.05) is 0 Å². The third kappa shape index (κ3) is 4.64. The van der Waals surface area contributed by atoms with E-state index in [-0.39, 0.29) is 26.2 Å². The Morgan fingerprint density at radius 2 is 1.47 bits per heavy atom. The van der Waals surface area contributed by atoms with Crippen LogP contribution in [0.3, 0.4) is 0 Å². The van der Waals surface area contributed by atoms with E-state index in [2.05, 4.69) is 6.92 Å². The van der Waals surface area contributed by atoms with Gasteiger partial charge in [-0.1, -0.05) is 6.92 Å². The summed E-state index contributed by atoms with van der Waals surface area (Å²) in [5, 5.41) is 0. The highest BCUT2D eigenvalue weighted by Crippen LogP contribution is 2.23. The van der Waals surface area contributed by atoms with E-state index in [9.17, 15) is 13.0 Å². The minimum absolute atomic E-state index is 0.0644. The van der Waals surface area contributed by atoms with Crippen molar-refractivity contribution in [3.8, 4) is 0 Å². The van der Waals surface area contributed by atoms with E-state index < -0.39 is 23.8 Å². The fraction of sp³-hybridized carbons (Fsp3) is 0.889. The monoisotopic (exact) mass is 285 g/mol. The van der Waals surface area contributed by atoms with Gasteiger partial charge in [-0.25, -0.2) is 0 Å². The molecule has 0 aliphatic carbocycles. The van der Waals surface area contributed by atoms with Gasteiger partial charge in [0.1, 0.15) is 0 Å². The molecular weight excluding hydrogens is 264 g/mol. The van der Waals surface area contributed by atoms with Gasteiger partial charge in [0.05, 0.1) is 0 Å². The fourth-order valence-corrected chi connectivity index (χ4v) is 6.25. The minimum atomic E-state index is -4.31. The first-order valence-electron chi connectivity index (χ1n) is 5.55. The second-order valence-electron chi connectivity index (χ2n) is 3.19. The van der Waals surface area contributed by atoms with Gasteiger partial charge in [0.15, 0.2) is 4.87 Å². The summed E-state index contributed by atoms with van der Waals surface area (Å²) in [5.41, 5.74) is 0. The largest absolute Gasteiger partial charge is 0.522 e. The summed E-state index contributed by atoms with van der Waals surface area (Å²) in [4.78, 5) is -1.24. The molecule has 0 heterocycles. The van der Waals surface area contributed by atoms with Crippen LogP contribution in [-0.2, 0) is 23.4 Å². The third-order valence-electron chi connectivity index (χ3n) is 2.05. The summed E-state index contributed by atoms with van der Waals surface area (Å²) < 4.78 is 48.1. The SMILES string of the molecule is [CH2]CC([Si](OCC)(OCC)OCC)S(=O)(=O)O. The lowest BCUT2D eigenvalue weighted by atomic mass is 10.6. The molecule has 0 aliphatic rings. The molecule has 1 N–H and O–H groups in total. The summed E-state index contributed by atoms with van der Waals surface area (Å²) in [6.07, 6.45) is -0.0644. The van der Waals surface area contributed by atoms with Crippen LogP contribution in [0, 0.1) is 6.92 Å². The first-order valence-corrected chi connectivity index (χ1v) is 8.85. The highest BCUT2D eigenvalue weighted by molar-refractivity contribution is 7.88. The molecule has 6 nitrogen and oxygen atoms in total. The van der Waals surface area contributed by atoms with Crippen molar-refractivity contribution in [3.05, 3.63) is 6.92 Å². The van der Waals surface area contributed by atoms with Gasteiger partial charge in [0.25, 0.3) is 10.1 Å². The molecule has 0 aromatic carbocycles. The average molecular weight is 285 g/mol. The first-order chi connectivity index (χ1) is 7.87. The van der Waals surface area contributed by atoms with Crippen molar-refractivity contribution >= 4 is 18.9 Å². The van der Waals surface area contributed by atoms with E-state index in [1.165, 1.54) is 0 Å². The average Bonchev–Trinajstić information content (AvgIpc) is 2.17. The van der Waals surface area contributed by atoms with Crippen molar-refractivity contribution in [1.29, 1.82) is 0 Å². The molecule has 0 aromatic rings. The van der Waals surface area contributed by atoms with E-state index >= 15 is 0 Å². The van der Waals surface area contributed by atoms with Crippen LogP contribution in [0.2, 0.25) is 0 Å². The molecule has 0 saturated carbocycles. The second-order valence-corrected chi connectivity index (χ2v) is 7.98. The second kappa shape index (κ2) is 7.44. The van der Waals surface area contributed by atoms with E-state index in [1.54, 1.807) is 20.8 Å². The Kier molecular flexibility index (Phi) is 7.45. The zero-order valence-corrected chi connectivity index (χ0v) is 12.3. The predicted molar refractivity (Wildman–Crippen MR) is 65.9 cm³/mol. The molecule has 1 unspecified atom stereocenters. The zero-order valence-electron chi connectivity index (χ0n) is 10.5. The van der Waals surface area contributed by atoms with Gasteiger partial charge in [0, 0.05) is 19.8 Å². The van der Waals surface area contributed by atoms with Crippen molar-refractivity contribution in [3.63, 3.8) is 0 Å². The van der Waals surface area contributed by atoms with Crippen LogP contribution in [0.25, 0.3) is 0 Å². The fourth-order valence-electron chi connectivity index (χ4n) is 1.52. The number of hydrogen-bond donors (Lipinski definition) is 1. The highest BCUT2D eigenvalue weighted by Gasteiger charge is 2.54. The molecular formula is C9H21O6SSi. The molecule has 0 rings (SSSR count). The molecule has 103 valence electrons. The van der Waals surface area contributed by atoms with Crippen LogP contribution >= 0.6 is 0 Å². The van der Waals surface area contributed by atoms with Gasteiger partial charge < -0.3 is 13.3 Å². The van der Waals surface area contributed by atoms with Gasteiger partial charge in [-0.05, 0) is 27.2 Å². The maximum absolute atomic E-state index is 11.3.